The zero-order valence-corrected chi connectivity index (χ0v) is 12.8. The van der Waals surface area contributed by atoms with Crippen LogP contribution in [0.1, 0.15) is 36.1 Å². The maximum atomic E-state index is 14.2. The Morgan fingerprint density at radius 1 is 1.10 bits per heavy atom. The second kappa shape index (κ2) is 7.01. The van der Waals surface area contributed by atoms with Crippen molar-refractivity contribution in [3.8, 4) is 0 Å². The van der Waals surface area contributed by atoms with E-state index in [2.05, 4.69) is 5.32 Å². The van der Waals surface area contributed by atoms with Crippen molar-refractivity contribution in [1.29, 1.82) is 0 Å². The summed E-state index contributed by atoms with van der Waals surface area (Å²) in [5, 5.41) is 3.93. The van der Waals surface area contributed by atoms with Crippen molar-refractivity contribution < 1.29 is 8.78 Å². The summed E-state index contributed by atoms with van der Waals surface area (Å²) >= 11 is 5.90. The highest BCUT2D eigenvalue weighted by Crippen LogP contribution is 2.27. The molecule has 1 atom stereocenters. The Labute approximate surface area is 128 Å². The van der Waals surface area contributed by atoms with Crippen molar-refractivity contribution in [1.82, 2.24) is 5.32 Å². The molecule has 0 aliphatic heterocycles. The first kappa shape index (κ1) is 15.9. The molecule has 2 aromatic carbocycles. The van der Waals surface area contributed by atoms with Gasteiger partial charge in [-0.15, -0.1) is 0 Å². The van der Waals surface area contributed by atoms with Gasteiger partial charge in [0.1, 0.15) is 11.6 Å². The molecule has 0 amide bonds. The summed E-state index contributed by atoms with van der Waals surface area (Å²) in [5.41, 5.74) is 1.78. The Kier molecular flexibility index (Phi) is 5.32. The lowest BCUT2D eigenvalue weighted by molar-refractivity contribution is 0.530. The topological polar surface area (TPSA) is 12.0 Å². The number of hydrogen-bond acceptors (Lipinski definition) is 1. The van der Waals surface area contributed by atoms with E-state index in [1.165, 1.54) is 0 Å². The molecular formula is C17H18ClF2N. The van der Waals surface area contributed by atoms with Crippen molar-refractivity contribution in [2.24, 2.45) is 0 Å². The van der Waals surface area contributed by atoms with Crippen molar-refractivity contribution in [2.75, 3.05) is 6.54 Å². The van der Waals surface area contributed by atoms with Gasteiger partial charge in [-0.25, -0.2) is 8.78 Å². The van der Waals surface area contributed by atoms with Crippen LogP contribution in [0.2, 0.25) is 5.02 Å². The van der Waals surface area contributed by atoms with Crippen molar-refractivity contribution >= 4 is 11.6 Å². The predicted molar refractivity (Wildman–Crippen MR) is 82.7 cm³/mol. The molecule has 112 valence electrons. The van der Waals surface area contributed by atoms with Crippen LogP contribution < -0.4 is 5.32 Å². The lowest BCUT2D eigenvalue weighted by Gasteiger charge is -2.21. The number of benzene rings is 2. The van der Waals surface area contributed by atoms with Gasteiger partial charge < -0.3 is 5.32 Å². The molecule has 0 heterocycles. The summed E-state index contributed by atoms with van der Waals surface area (Å²) in [7, 11) is 0. The maximum absolute atomic E-state index is 14.2. The number of aryl methyl sites for hydroxylation is 1. The molecule has 0 aliphatic carbocycles. The van der Waals surface area contributed by atoms with E-state index in [9.17, 15) is 8.78 Å². The lowest BCUT2D eigenvalue weighted by Crippen LogP contribution is -2.24. The van der Waals surface area contributed by atoms with Crippen LogP contribution in [0.4, 0.5) is 8.78 Å². The molecule has 0 saturated carbocycles. The van der Waals surface area contributed by atoms with E-state index in [-0.39, 0.29) is 6.04 Å². The van der Waals surface area contributed by atoms with Gasteiger partial charge in [0.15, 0.2) is 0 Å². The molecule has 0 spiro atoms. The van der Waals surface area contributed by atoms with Gasteiger partial charge in [-0.2, -0.15) is 0 Å². The van der Waals surface area contributed by atoms with Gasteiger partial charge in [0, 0.05) is 16.7 Å². The van der Waals surface area contributed by atoms with Crippen LogP contribution in [0, 0.1) is 18.6 Å². The van der Waals surface area contributed by atoms with Crippen LogP contribution in [-0.2, 0) is 0 Å². The first-order valence-electron chi connectivity index (χ1n) is 6.97. The smallest absolute Gasteiger partial charge is 0.131 e. The van der Waals surface area contributed by atoms with Gasteiger partial charge in [0.25, 0.3) is 0 Å². The summed E-state index contributed by atoms with van der Waals surface area (Å²) in [6.07, 6.45) is 0.923. The monoisotopic (exact) mass is 309 g/mol. The SMILES string of the molecule is CCCNC(c1ccc(Cl)cc1)c1cc(C)c(F)cc1F. The average molecular weight is 310 g/mol. The van der Waals surface area contributed by atoms with E-state index < -0.39 is 11.6 Å². The summed E-state index contributed by atoms with van der Waals surface area (Å²) in [5.74, 6) is -1.07. The zero-order chi connectivity index (χ0) is 15.4. The van der Waals surface area contributed by atoms with Crippen LogP contribution in [-0.4, -0.2) is 6.54 Å². The van der Waals surface area contributed by atoms with Crippen molar-refractivity contribution in [2.45, 2.75) is 26.3 Å². The number of nitrogens with one attached hydrogen (secondary N) is 1. The van der Waals surface area contributed by atoms with Crippen LogP contribution in [0.15, 0.2) is 36.4 Å². The highest BCUT2D eigenvalue weighted by atomic mass is 35.5. The van der Waals surface area contributed by atoms with Gasteiger partial charge in [0.2, 0.25) is 0 Å². The van der Waals surface area contributed by atoms with E-state index in [1.54, 1.807) is 25.1 Å². The van der Waals surface area contributed by atoms with E-state index in [4.69, 9.17) is 11.6 Å². The van der Waals surface area contributed by atoms with Crippen molar-refractivity contribution in [3.05, 3.63) is 69.7 Å². The molecule has 4 heteroatoms. The molecule has 0 aliphatic rings. The second-order valence-corrected chi connectivity index (χ2v) is 5.50. The number of hydrogen-bond donors (Lipinski definition) is 1. The van der Waals surface area contributed by atoms with E-state index in [0.717, 1.165) is 24.6 Å². The third-order valence-electron chi connectivity index (χ3n) is 3.39. The minimum atomic E-state index is -0.540. The molecule has 0 bridgehead atoms. The second-order valence-electron chi connectivity index (χ2n) is 5.06. The fourth-order valence-corrected chi connectivity index (χ4v) is 2.38. The zero-order valence-electron chi connectivity index (χ0n) is 12.1. The Hall–Kier alpha value is -1.45. The molecule has 1 unspecified atom stereocenters. The van der Waals surface area contributed by atoms with Gasteiger partial charge in [-0.05, 0) is 49.2 Å². The normalized spacial score (nSPS) is 12.4. The molecule has 1 N–H and O–H groups in total. The molecule has 0 saturated heterocycles. The van der Waals surface area contributed by atoms with E-state index >= 15 is 0 Å². The van der Waals surface area contributed by atoms with Crippen LogP contribution in [0.5, 0.6) is 0 Å². The highest BCUT2D eigenvalue weighted by Gasteiger charge is 2.19. The molecular weight excluding hydrogens is 292 g/mol. The van der Waals surface area contributed by atoms with E-state index in [1.807, 2.05) is 19.1 Å². The molecule has 21 heavy (non-hydrogen) atoms. The third-order valence-corrected chi connectivity index (χ3v) is 3.64. The Bertz CT molecular complexity index is 611. The molecule has 0 fully saturated rings. The van der Waals surface area contributed by atoms with Gasteiger partial charge in [-0.1, -0.05) is 30.7 Å². The van der Waals surface area contributed by atoms with Gasteiger partial charge in [0.05, 0.1) is 6.04 Å². The van der Waals surface area contributed by atoms with Gasteiger partial charge >= 0.3 is 0 Å². The first-order valence-corrected chi connectivity index (χ1v) is 7.35. The molecule has 2 rings (SSSR count). The fourth-order valence-electron chi connectivity index (χ4n) is 2.25. The molecule has 0 aromatic heterocycles. The minimum Gasteiger partial charge on any atom is -0.306 e. The summed E-state index contributed by atoms with van der Waals surface area (Å²) in [4.78, 5) is 0. The molecule has 1 nitrogen and oxygen atoms in total. The van der Waals surface area contributed by atoms with Crippen LogP contribution >= 0.6 is 11.6 Å². The Morgan fingerprint density at radius 3 is 2.38 bits per heavy atom. The van der Waals surface area contributed by atoms with E-state index in [0.29, 0.717) is 16.1 Å². The predicted octanol–water partition coefficient (Wildman–Crippen LogP) is 5.02. The standard InChI is InChI=1S/C17H18ClF2N/c1-3-8-21-17(12-4-6-13(18)7-5-12)14-9-11(2)15(19)10-16(14)20/h4-7,9-10,17,21H,3,8H2,1-2H3. The summed E-state index contributed by atoms with van der Waals surface area (Å²) < 4.78 is 27.6. The fraction of sp³-hybridized carbons (Fsp3) is 0.294. The largest absolute Gasteiger partial charge is 0.306 e. The van der Waals surface area contributed by atoms with Gasteiger partial charge in [-0.3, -0.25) is 0 Å². The Balaban J connectivity index is 2.45. The minimum absolute atomic E-state index is 0.318. The van der Waals surface area contributed by atoms with Crippen molar-refractivity contribution in [3.63, 3.8) is 0 Å². The first-order chi connectivity index (χ1) is 10.0. The quantitative estimate of drug-likeness (QED) is 0.818. The van der Waals surface area contributed by atoms with Crippen LogP contribution in [0.25, 0.3) is 0 Å². The number of rotatable bonds is 5. The molecule has 0 radical (unpaired) electrons. The summed E-state index contributed by atoms with van der Waals surface area (Å²) in [6.45, 7) is 4.42. The van der Waals surface area contributed by atoms with Crippen LogP contribution in [0.3, 0.4) is 0 Å². The highest BCUT2D eigenvalue weighted by molar-refractivity contribution is 6.30. The summed E-state index contributed by atoms with van der Waals surface area (Å²) in [6, 6.07) is 9.44. The average Bonchev–Trinajstić information content (AvgIpc) is 2.46. The lowest BCUT2D eigenvalue weighted by atomic mass is 9.96. The third kappa shape index (κ3) is 3.80. The maximum Gasteiger partial charge on any atom is 0.131 e. The number of halogens is 3. The Morgan fingerprint density at radius 2 is 1.76 bits per heavy atom. The molecule has 2 aromatic rings.